The maximum Gasteiger partial charge on any atom is 0.258 e. The summed E-state index contributed by atoms with van der Waals surface area (Å²) in [6.07, 6.45) is 1.67. The van der Waals surface area contributed by atoms with Crippen LogP contribution in [0.4, 0.5) is 5.69 Å². The summed E-state index contributed by atoms with van der Waals surface area (Å²) in [5.74, 6) is -0.108. The monoisotopic (exact) mass is 370 g/mol. The Morgan fingerprint density at radius 1 is 1.00 bits per heavy atom. The number of amides is 1. The summed E-state index contributed by atoms with van der Waals surface area (Å²) >= 11 is 12.3. The number of nitrogens with zero attached hydrogens (tertiary/aromatic N) is 2. The van der Waals surface area contributed by atoms with E-state index in [9.17, 15) is 4.79 Å². The molecular formula is C20H16Cl2N2O. The van der Waals surface area contributed by atoms with E-state index in [1.165, 1.54) is 0 Å². The van der Waals surface area contributed by atoms with E-state index in [0.717, 1.165) is 22.4 Å². The van der Waals surface area contributed by atoms with Crippen LogP contribution in [0.15, 0.2) is 60.8 Å². The van der Waals surface area contributed by atoms with Gasteiger partial charge in [-0.05, 0) is 48.9 Å². The second-order valence-electron chi connectivity index (χ2n) is 5.72. The van der Waals surface area contributed by atoms with Gasteiger partial charge in [0, 0.05) is 40.6 Å². The van der Waals surface area contributed by atoms with E-state index in [1.54, 1.807) is 42.4 Å². The van der Waals surface area contributed by atoms with Gasteiger partial charge in [-0.1, -0.05) is 41.4 Å². The molecule has 0 spiro atoms. The number of benzene rings is 2. The quantitative estimate of drug-likeness (QED) is 0.558. The standard InChI is InChI=1S/C20H16Cl2N2O/c1-13-10-19(22)23-12-17(13)16-11-14(8-9-18(16)21)20(25)24(2)15-6-4-3-5-7-15/h3-12H,1-2H3. The van der Waals surface area contributed by atoms with Gasteiger partial charge in [0.05, 0.1) is 0 Å². The SMILES string of the molecule is Cc1cc(Cl)ncc1-c1cc(C(=O)N(C)c2ccccc2)ccc1Cl. The molecule has 0 atom stereocenters. The van der Waals surface area contributed by atoms with Crippen LogP contribution in [0.1, 0.15) is 15.9 Å². The Hall–Kier alpha value is -2.36. The smallest absolute Gasteiger partial charge is 0.258 e. The second kappa shape index (κ2) is 7.26. The highest BCUT2D eigenvalue weighted by Crippen LogP contribution is 2.32. The Morgan fingerprint density at radius 3 is 2.40 bits per heavy atom. The van der Waals surface area contributed by atoms with Crippen molar-refractivity contribution in [3.05, 3.63) is 82.1 Å². The molecule has 0 saturated carbocycles. The number of pyridine rings is 1. The summed E-state index contributed by atoms with van der Waals surface area (Å²) in [5, 5.41) is 0.986. The van der Waals surface area contributed by atoms with Crippen molar-refractivity contribution in [3.8, 4) is 11.1 Å². The Bertz CT molecular complexity index is 926. The number of aryl methyl sites for hydroxylation is 1. The molecular weight excluding hydrogens is 355 g/mol. The summed E-state index contributed by atoms with van der Waals surface area (Å²) in [5.41, 5.74) is 3.94. The Kier molecular flexibility index (Phi) is 5.07. The fraction of sp³-hybridized carbons (Fsp3) is 0.100. The van der Waals surface area contributed by atoms with Crippen LogP contribution in [-0.2, 0) is 0 Å². The molecule has 25 heavy (non-hydrogen) atoms. The molecule has 0 N–H and O–H groups in total. The van der Waals surface area contributed by atoms with Crippen molar-refractivity contribution in [2.45, 2.75) is 6.92 Å². The lowest BCUT2D eigenvalue weighted by atomic mass is 10.0. The molecule has 0 aliphatic carbocycles. The number of carbonyl (C=O) groups is 1. The van der Waals surface area contributed by atoms with Gasteiger partial charge >= 0.3 is 0 Å². The number of carbonyl (C=O) groups excluding carboxylic acids is 1. The first kappa shape index (κ1) is 17.5. The summed E-state index contributed by atoms with van der Waals surface area (Å²) < 4.78 is 0. The van der Waals surface area contributed by atoms with Crippen LogP contribution < -0.4 is 4.90 Å². The highest BCUT2D eigenvalue weighted by molar-refractivity contribution is 6.33. The maximum absolute atomic E-state index is 12.8. The van der Waals surface area contributed by atoms with Gasteiger partial charge in [0.15, 0.2) is 0 Å². The first-order valence-corrected chi connectivity index (χ1v) is 8.48. The first-order valence-electron chi connectivity index (χ1n) is 7.72. The van der Waals surface area contributed by atoms with Crippen molar-refractivity contribution < 1.29 is 4.79 Å². The molecule has 0 radical (unpaired) electrons. The highest BCUT2D eigenvalue weighted by atomic mass is 35.5. The number of hydrogen-bond donors (Lipinski definition) is 0. The molecule has 0 fully saturated rings. The molecule has 3 aromatic rings. The van der Waals surface area contributed by atoms with Gasteiger partial charge in [-0.25, -0.2) is 4.98 Å². The first-order chi connectivity index (χ1) is 12.0. The molecule has 5 heteroatoms. The molecule has 3 rings (SSSR count). The molecule has 2 aromatic carbocycles. The largest absolute Gasteiger partial charge is 0.311 e. The molecule has 126 valence electrons. The van der Waals surface area contributed by atoms with E-state index in [1.807, 2.05) is 37.3 Å². The fourth-order valence-electron chi connectivity index (χ4n) is 2.63. The van der Waals surface area contributed by atoms with Gasteiger partial charge in [0.25, 0.3) is 5.91 Å². The van der Waals surface area contributed by atoms with Crippen molar-refractivity contribution in [2.24, 2.45) is 0 Å². The van der Waals surface area contributed by atoms with Crippen molar-refractivity contribution in [2.75, 3.05) is 11.9 Å². The van der Waals surface area contributed by atoms with Crippen molar-refractivity contribution in [1.29, 1.82) is 0 Å². The Morgan fingerprint density at radius 2 is 1.72 bits per heavy atom. The summed E-state index contributed by atoms with van der Waals surface area (Å²) in [7, 11) is 1.75. The van der Waals surface area contributed by atoms with Gasteiger partial charge in [0.2, 0.25) is 0 Å². The number of halogens is 2. The third kappa shape index (κ3) is 3.68. The number of para-hydroxylation sites is 1. The van der Waals surface area contributed by atoms with E-state index >= 15 is 0 Å². The number of rotatable bonds is 3. The number of aromatic nitrogens is 1. The van der Waals surface area contributed by atoms with Gasteiger partial charge in [-0.3, -0.25) is 4.79 Å². The lowest BCUT2D eigenvalue weighted by Gasteiger charge is -2.18. The van der Waals surface area contributed by atoms with E-state index in [0.29, 0.717) is 15.7 Å². The van der Waals surface area contributed by atoms with Crippen molar-refractivity contribution in [3.63, 3.8) is 0 Å². The molecule has 1 heterocycles. The van der Waals surface area contributed by atoms with Crippen LogP contribution in [-0.4, -0.2) is 17.9 Å². The minimum atomic E-state index is -0.108. The lowest BCUT2D eigenvalue weighted by molar-refractivity contribution is 0.0993. The fourth-order valence-corrected chi connectivity index (χ4v) is 3.06. The van der Waals surface area contributed by atoms with Crippen molar-refractivity contribution in [1.82, 2.24) is 4.98 Å². The summed E-state index contributed by atoms with van der Waals surface area (Å²) in [6.45, 7) is 1.93. The van der Waals surface area contributed by atoms with E-state index in [4.69, 9.17) is 23.2 Å². The molecule has 0 saturated heterocycles. The zero-order valence-corrected chi connectivity index (χ0v) is 15.3. The minimum absolute atomic E-state index is 0.108. The topological polar surface area (TPSA) is 33.2 Å². The molecule has 1 aromatic heterocycles. The Labute approximate surface area is 156 Å². The van der Waals surface area contributed by atoms with Crippen LogP contribution in [0.5, 0.6) is 0 Å². The van der Waals surface area contributed by atoms with E-state index in [-0.39, 0.29) is 5.91 Å². The molecule has 0 aliphatic heterocycles. The van der Waals surface area contributed by atoms with Crippen LogP contribution in [0.25, 0.3) is 11.1 Å². The van der Waals surface area contributed by atoms with Crippen LogP contribution in [0, 0.1) is 6.92 Å². The second-order valence-corrected chi connectivity index (χ2v) is 6.51. The molecule has 0 bridgehead atoms. The molecule has 1 amide bonds. The predicted octanol–water partition coefficient (Wildman–Crippen LogP) is 5.64. The summed E-state index contributed by atoms with van der Waals surface area (Å²) in [4.78, 5) is 18.6. The van der Waals surface area contributed by atoms with Crippen molar-refractivity contribution >= 4 is 34.8 Å². The zero-order valence-electron chi connectivity index (χ0n) is 13.8. The highest BCUT2D eigenvalue weighted by Gasteiger charge is 2.16. The average Bonchev–Trinajstić information content (AvgIpc) is 2.62. The van der Waals surface area contributed by atoms with Gasteiger partial charge in [0.1, 0.15) is 5.15 Å². The van der Waals surface area contributed by atoms with Gasteiger partial charge in [-0.2, -0.15) is 0 Å². The zero-order chi connectivity index (χ0) is 18.0. The molecule has 0 aliphatic rings. The number of hydrogen-bond acceptors (Lipinski definition) is 2. The normalized spacial score (nSPS) is 10.6. The predicted molar refractivity (Wildman–Crippen MR) is 104 cm³/mol. The van der Waals surface area contributed by atoms with E-state index < -0.39 is 0 Å². The lowest BCUT2D eigenvalue weighted by Crippen LogP contribution is -2.26. The number of anilines is 1. The summed E-state index contributed by atoms with van der Waals surface area (Å²) in [6, 6.07) is 16.5. The molecule has 3 nitrogen and oxygen atoms in total. The Balaban J connectivity index is 2.00. The minimum Gasteiger partial charge on any atom is -0.311 e. The molecule has 0 unspecified atom stereocenters. The van der Waals surface area contributed by atoms with Gasteiger partial charge < -0.3 is 4.90 Å². The maximum atomic E-state index is 12.8. The third-order valence-electron chi connectivity index (χ3n) is 4.03. The van der Waals surface area contributed by atoms with Crippen LogP contribution in [0.3, 0.4) is 0 Å². The van der Waals surface area contributed by atoms with Crippen LogP contribution in [0.2, 0.25) is 10.2 Å². The van der Waals surface area contributed by atoms with Crippen LogP contribution >= 0.6 is 23.2 Å². The van der Waals surface area contributed by atoms with E-state index in [2.05, 4.69) is 4.98 Å². The van der Waals surface area contributed by atoms with Gasteiger partial charge in [-0.15, -0.1) is 0 Å². The average molecular weight is 371 g/mol. The third-order valence-corrected chi connectivity index (χ3v) is 4.57.